The van der Waals surface area contributed by atoms with Crippen molar-refractivity contribution in [3.05, 3.63) is 130 Å². The van der Waals surface area contributed by atoms with Crippen molar-refractivity contribution in [1.82, 2.24) is 19.4 Å². The highest BCUT2D eigenvalue weighted by Gasteiger charge is 2.35. The second-order valence-electron chi connectivity index (χ2n) is 13.5. The highest BCUT2D eigenvalue weighted by atomic mass is 35.5. The van der Waals surface area contributed by atoms with Gasteiger partial charge < -0.3 is 19.3 Å². The van der Waals surface area contributed by atoms with Crippen LogP contribution in [-0.2, 0) is 30.7 Å². The Morgan fingerprint density at radius 3 is 2.39 bits per heavy atom. The number of carbonyl (C=O) groups is 2. The number of pyridine rings is 1. The number of halogens is 1. The number of nitrogens with zero attached hydrogens (tertiary/aromatic N) is 5. The van der Waals surface area contributed by atoms with Crippen molar-refractivity contribution in [1.29, 1.82) is 0 Å². The number of carbonyl (C=O) groups excluding carboxylic acids is 2. The molecule has 260 valence electrons. The Balaban J connectivity index is 1.20. The summed E-state index contributed by atoms with van der Waals surface area (Å²) < 4.78 is 7.83. The van der Waals surface area contributed by atoms with Gasteiger partial charge in [0.15, 0.2) is 0 Å². The molecule has 5 aromatic rings. The van der Waals surface area contributed by atoms with Crippen LogP contribution in [0.1, 0.15) is 50.4 Å². The second-order valence-corrected chi connectivity index (χ2v) is 14.0. The second kappa shape index (κ2) is 14.3. The van der Waals surface area contributed by atoms with Gasteiger partial charge in [0.25, 0.3) is 11.8 Å². The number of aromatic hydroxyl groups is 1. The lowest BCUT2D eigenvalue weighted by Gasteiger charge is -2.40. The van der Waals surface area contributed by atoms with Crippen molar-refractivity contribution in [3.63, 3.8) is 0 Å². The smallest absolute Gasteiger partial charge is 0.264 e. The predicted molar refractivity (Wildman–Crippen MR) is 198 cm³/mol. The highest BCUT2D eigenvalue weighted by Crippen LogP contribution is 2.38. The number of benzene rings is 3. The summed E-state index contributed by atoms with van der Waals surface area (Å²) in [6.45, 7) is 5.11. The number of rotatable bonds is 7. The van der Waals surface area contributed by atoms with Crippen LogP contribution in [0.4, 0.5) is 11.4 Å². The van der Waals surface area contributed by atoms with Crippen LogP contribution in [0.15, 0.2) is 97.3 Å². The molecule has 0 aliphatic carbocycles. The van der Waals surface area contributed by atoms with E-state index in [0.717, 1.165) is 74.4 Å². The zero-order chi connectivity index (χ0) is 34.9. The minimum absolute atomic E-state index is 0.00775. The SMILES string of the molecule is O=C(c1cc(-c2cc(Cl)ccc2C(=O)N2Cc3ccccc3C[C@H]2CN2CCOCC2)n2c1CCCC2)N(c1ccncc1)c1ccc(O)cc1. The lowest BCUT2D eigenvalue weighted by molar-refractivity contribution is 0.0193. The zero-order valence-electron chi connectivity index (χ0n) is 28.4. The Morgan fingerprint density at radius 2 is 1.61 bits per heavy atom. The van der Waals surface area contributed by atoms with E-state index in [-0.39, 0.29) is 23.6 Å². The Kier molecular flexibility index (Phi) is 9.34. The first-order chi connectivity index (χ1) is 24.9. The van der Waals surface area contributed by atoms with Crippen LogP contribution in [0.5, 0.6) is 5.75 Å². The van der Waals surface area contributed by atoms with Crippen LogP contribution in [-0.4, -0.2) is 75.2 Å². The van der Waals surface area contributed by atoms with E-state index in [4.69, 9.17) is 16.3 Å². The molecular formula is C41H40ClN5O4. The zero-order valence-corrected chi connectivity index (χ0v) is 29.1. The van der Waals surface area contributed by atoms with E-state index >= 15 is 0 Å². The molecule has 3 aliphatic rings. The minimum atomic E-state index is -0.197. The van der Waals surface area contributed by atoms with Crippen molar-refractivity contribution in [2.45, 2.75) is 44.8 Å². The lowest BCUT2D eigenvalue weighted by atomic mass is 9.92. The largest absolute Gasteiger partial charge is 0.508 e. The van der Waals surface area contributed by atoms with Gasteiger partial charge in [-0.15, -0.1) is 0 Å². The van der Waals surface area contributed by atoms with E-state index in [0.29, 0.717) is 47.3 Å². The van der Waals surface area contributed by atoms with Gasteiger partial charge in [-0.3, -0.25) is 24.4 Å². The van der Waals surface area contributed by atoms with Crippen LogP contribution in [0.3, 0.4) is 0 Å². The molecule has 3 aliphatic heterocycles. The molecule has 0 radical (unpaired) electrons. The lowest BCUT2D eigenvalue weighted by Crippen LogP contribution is -2.52. The Hall–Kier alpha value is -4.96. The van der Waals surface area contributed by atoms with Crippen LogP contribution < -0.4 is 4.90 Å². The maximum atomic E-state index is 14.9. The molecule has 8 rings (SSSR count). The third kappa shape index (κ3) is 6.65. The Labute approximate surface area is 302 Å². The van der Waals surface area contributed by atoms with Gasteiger partial charge in [-0.2, -0.15) is 0 Å². The molecule has 1 saturated heterocycles. The molecule has 1 fully saturated rings. The van der Waals surface area contributed by atoms with Gasteiger partial charge in [-0.25, -0.2) is 0 Å². The quantitative estimate of drug-likeness (QED) is 0.194. The number of hydrogen-bond acceptors (Lipinski definition) is 6. The summed E-state index contributed by atoms with van der Waals surface area (Å²) in [7, 11) is 0. The van der Waals surface area contributed by atoms with E-state index in [1.807, 2.05) is 29.2 Å². The predicted octanol–water partition coefficient (Wildman–Crippen LogP) is 7.12. The van der Waals surface area contributed by atoms with Crippen molar-refractivity contribution in [2.24, 2.45) is 0 Å². The van der Waals surface area contributed by atoms with E-state index in [1.54, 1.807) is 59.8 Å². The van der Waals surface area contributed by atoms with Crippen LogP contribution in [0, 0.1) is 0 Å². The summed E-state index contributed by atoms with van der Waals surface area (Å²) in [4.78, 5) is 39.9. The summed E-state index contributed by atoms with van der Waals surface area (Å²) >= 11 is 6.70. The molecule has 1 N–H and O–H groups in total. The van der Waals surface area contributed by atoms with Crippen molar-refractivity contribution in [3.8, 4) is 17.0 Å². The van der Waals surface area contributed by atoms with Gasteiger partial charge in [0.2, 0.25) is 0 Å². The van der Waals surface area contributed by atoms with E-state index in [9.17, 15) is 14.7 Å². The average molecular weight is 702 g/mol. The Bertz CT molecular complexity index is 2060. The molecule has 0 bridgehead atoms. The molecule has 51 heavy (non-hydrogen) atoms. The summed E-state index contributed by atoms with van der Waals surface area (Å²) in [5, 5.41) is 10.5. The van der Waals surface area contributed by atoms with Crippen molar-refractivity contribution in [2.75, 3.05) is 37.7 Å². The standard InChI is InChI=1S/C41H40ClN5O4/c42-30-8-13-35(40(49)46-26-29-6-2-1-5-28(29)23-33(46)27-44-19-21-51-22-20-44)36(24-30)39-25-37(38-7-3-4-18-45(38)39)41(50)47(32-14-16-43-17-15-32)31-9-11-34(48)12-10-31/h1-2,5-6,8-17,24-25,33,48H,3-4,7,18-23,26-27H2/t33-/m0/s1. The van der Waals surface area contributed by atoms with E-state index in [2.05, 4.69) is 32.7 Å². The third-order valence-electron chi connectivity index (χ3n) is 10.4. The maximum absolute atomic E-state index is 14.9. The highest BCUT2D eigenvalue weighted by molar-refractivity contribution is 6.31. The first kappa shape index (κ1) is 33.2. The number of phenols is 1. The first-order valence-corrected chi connectivity index (χ1v) is 18.1. The van der Waals surface area contributed by atoms with Crippen LogP contribution in [0.2, 0.25) is 5.02 Å². The molecule has 3 aromatic carbocycles. The van der Waals surface area contributed by atoms with Gasteiger partial charge in [0.1, 0.15) is 5.75 Å². The van der Waals surface area contributed by atoms with Crippen molar-refractivity contribution >= 4 is 34.8 Å². The number of hydrogen-bond donors (Lipinski definition) is 1. The van der Waals surface area contributed by atoms with Crippen LogP contribution >= 0.6 is 11.6 Å². The first-order valence-electron chi connectivity index (χ1n) is 17.7. The number of anilines is 2. The summed E-state index contributed by atoms with van der Waals surface area (Å²) in [5.41, 5.74) is 7.34. The number of fused-ring (bicyclic) bond motifs is 2. The molecule has 0 unspecified atom stereocenters. The van der Waals surface area contributed by atoms with Crippen molar-refractivity contribution < 1.29 is 19.4 Å². The average Bonchev–Trinajstić information content (AvgIpc) is 3.56. The molecule has 0 spiro atoms. The number of aromatic nitrogens is 2. The molecular weight excluding hydrogens is 662 g/mol. The van der Waals surface area contributed by atoms with Gasteiger partial charge in [0, 0.05) is 84.4 Å². The fourth-order valence-electron chi connectivity index (χ4n) is 7.82. The molecule has 2 amide bonds. The molecule has 2 aromatic heterocycles. The Morgan fingerprint density at radius 1 is 0.863 bits per heavy atom. The van der Waals surface area contributed by atoms with Gasteiger partial charge in [-0.05, 0) is 97.5 Å². The summed E-state index contributed by atoms with van der Waals surface area (Å²) in [6, 6.07) is 26.1. The molecule has 10 heteroatoms. The third-order valence-corrected chi connectivity index (χ3v) is 10.6. The number of phenolic OH excluding ortho intramolecular Hbond substituents is 1. The fourth-order valence-corrected chi connectivity index (χ4v) is 8.00. The van der Waals surface area contributed by atoms with Crippen LogP contribution in [0.25, 0.3) is 11.3 Å². The molecule has 5 heterocycles. The number of amides is 2. The monoisotopic (exact) mass is 701 g/mol. The molecule has 1 atom stereocenters. The normalized spacial score (nSPS) is 17.4. The molecule has 9 nitrogen and oxygen atoms in total. The summed E-state index contributed by atoms with van der Waals surface area (Å²) in [5.74, 6) is -0.125. The van der Waals surface area contributed by atoms with Gasteiger partial charge in [-0.1, -0.05) is 35.9 Å². The molecule has 0 saturated carbocycles. The van der Waals surface area contributed by atoms with Gasteiger partial charge >= 0.3 is 0 Å². The summed E-state index contributed by atoms with van der Waals surface area (Å²) in [6.07, 6.45) is 6.75. The fraction of sp³-hybridized carbons (Fsp3) is 0.293. The number of morpholine rings is 1. The maximum Gasteiger partial charge on any atom is 0.264 e. The minimum Gasteiger partial charge on any atom is -0.508 e. The van der Waals surface area contributed by atoms with E-state index < -0.39 is 0 Å². The van der Waals surface area contributed by atoms with E-state index in [1.165, 1.54) is 5.56 Å². The number of ether oxygens (including phenoxy) is 1. The topological polar surface area (TPSA) is 91.1 Å². The van der Waals surface area contributed by atoms with Gasteiger partial charge in [0.05, 0.1) is 24.5 Å².